The van der Waals surface area contributed by atoms with Crippen molar-refractivity contribution in [3.8, 4) is 11.8 Å². The Bertz CT molecular complexity index is 884. The highest BCUT2D eigenvalue weighted by Gasteiger charge is 2.64. The molecule has 2 aromatic carbocycles. The molecule has 4 nitrogen and oxygen atoms in total. The van der Waals surface area contributed by atoms with Crippen LogP contribution in [0, 0.1) is 22.2 Å². The molecule has 0 radical (unpaired) electrons. The van der Waals surface area contributed by atoms with E-state index in [9.17, 15) is 4.79 Å². The molecule has 3 rings (SSSR count). The molecular weight excluding hydrogens is 404 g/mol. The van der Waals surface area contributed by atoms with Gasteiger partial charge in [-0.15, -0.1) is 0 Å². The van der Waals surface area contributed by atoms with Gasteiger partial charge in [0.05, 0.1) is 5.56 Å². The largest absolute Gasteiger partial charge is 0.489 e. The van der Waals surface area contributed by atoms with Crippen molar-refractivity contribution < 1.29 is 9.53 Å². The maximum Gasteiger partial charge on any atom is 0.251 e. The zero-order valence-corrected chi connectivity index (χ0v) is 17.5. The monoisotopic (exact) mass is 426 g/mol. The van der Waals surface area contributed by atoms with Crippen LogP contribution in [0.1, 0.15) is 43.6 Å². The quantitative estimate of drug-likeness (QED) is 0.753. The second-order valence-electron chi connectivity index (χ2n) is 8.17. The first-order valence-electron chi connectivity index (χ1n) is 8.90. The summed E-state index contributed by atoms with van der Waals surface area (Å²) in [6, 6.07) is 16.7. The van der Waals surface area contributed by atoms with E-state index >= 15 is 0 Å². The molecule has 1 N–H and O–H groups in total. The number of rotatable bonds is 4. The highest BCUT2D eigenvalue weighted by Crippen LogP contribution is 2.55. The Hall–Kier alpha value is -2.32. The standard InChI is InChI=1S/C22H23BrN2O2/c1-21(2)19(25-18(26)14-8-6-5-7-9-14)22(3,4)20(21)27-16-11-10-15(13-24)17(23)12-16/h5-12,19-20H,1-4H3,(H,25,26)/t19-,20-. The van der Waals surface area contributed by atoms with E-state index < -0.39 is 0 Å². The van der Waals surface area contributed by atoms with Crippen LogP contribution in [-0.2, 0) is 0 Å². The van der Waals surface area contributed by atoms with Gasteiger partial charge in [0.25, 0.3) is 5.91 Å². The van der Waals surface area contributed by atoms with E-state index in [0.717, 1.165) is 0 Å². The van der Waals surface area contributed by atoms with E-state index in [-0.39, 0.29) is 28.9 Å². The average Bonchev–Trinajstić information content (AvgIpc) is 2.64. The van der Waals surface area contributed by atoms with Crippen LogP contribution in [0.25, 0.3) is 0 Å². The van der Waals surface area contributed by atoms with Gasteiger partial charge < -0.3 is 10.1 Å². The molecule has 1 fully saturated rings. The molecule has 1 aliphatic carbocycles. The first-order chi connectivity index (χ1) is 12.7. The molecule has 0 aliphatic heterocycles. The van der Waals surface area contributed by atoms with Crippen LogP contribution in [0.5, 0.6) is 5.75 Å². The lowest BCUT2D eigenvalue weighted by atomic mass is 9.49. The third kappa shape index (κ3) is 3.46. The minimum atomic E-state index is -0.242. The number of nitrogens with one attached hydrogen (secondary N) is 1. The van der Waals surface area contributed by atoms with Crippen LogP contribution in [0.3, 0.4) is 0 Å². The fraction of sp³-hybridized carbons (Fsp3) is 0.364. The molecular formula is C22H23BrN2O2. The van der Waals surface area contributed by atoms with E-state index in [0.29, 0.717) is 21.3 Å². The summed E-state index contributed by atoms with van der Waals surface area (Å²) in [7, 11) is 0. The van der Waals surface area contributed by atoms with Crippen molar-refractivity contribution in [3.63, 3.8) is 0 Å². The zero-order valence-electron chi connectivity index (χ0n) is 15.9. The molecule has 5 heteroatoms. The van der Waals surface area contributed by atoms with Crippen molar-refractivity contribution in [2.24, 2.45) is 10.8 Å². The number of ether oxygens (including phenoxy) is 1. The summed E-state index contributed by atoms with van der Waals surface area (Å²) in [5.74, 6) is 0.640. The third-order valence-electron chi connectivity index (χ3n) is 5.47. The van der Waals surface area contributed by atoms with Crippen molar-refractivity contribution in [1.82, 2.24) is 5.32 Å². The lowest BCUT2D eigenvalue weighted by molar-refractivity contribution is -0.164. The van der Waals surface area contributed by atoms with Crippen molar-refractivity contribution >= 4 is 21.8 Å². The summed E-state index contributed by atoms with van der Waals surface area (Å²) < 4.78 is 7.00. The van der Waals surface area contributed by atoms with Gasteiger partial charge in [-0.3, -0.25) is 4.79 Å². The molecule has 1 amide bonds. The SMILES string of the molecule is CC1(C)[C@H](NC(=O)c2ccccc2)C(C)(C)[C@H]1Oc1ccc(C#N)c(Br)c1. The molecule has 2 aromatic rings. The number of nitrogens with zero attached hydrogens (tertiary/aromatic N) is 1. The van der Waals surface area contributed by atoms with E-state index in [4.69, 9.17) is 10.00 Å². The first-order valence-corrected chi connectivity index (χ1v) is 9.69. The predicted octanol–water partition coefficient (Wildman–Crippen LogP) is 4.93. The maximum atomic E-state index is 12.6. The summed E-state index contributed by atoms with van der Waals surface area (Å²) in [6.07, 6.45) is -0.0779. The van der Waals surface area contributed by atoms with Gasteiger partial charge in [-0.05, 0) is 46.3 Å². The molecule has 27 heavy (non-hydrogen) atoms. The molecule has 1 aliphatic rings. The van der Waals surface area contributed by atoms with Gasteiger partial charge in [-0.25, -0.2) is 0 Å². The second-order valence-corrected chi connectivity index (χ2v) is 9.02. The van der Waals surface area contributed by atoms with Crippen LogP contribution >= 0.6 is 15.9 Å². The Morgan fingerprint density at radius 1 is 1.11 bits per heavy atom. The Morgan fingerprint density at radius 2 is 1.74 bits per heavy atom. The van der Waals surface area contributed by atoms with Gasteiger partial charge in [0.15, 0.2) is 0 Å². The van der Waals surface area contributed by atoms with Crippen LogP contribution in [0.2, 0.25) is 0 Å². The van der Waals surface area contributed by atoms with Crippen LogP contribution < -0.4 is 10.1 Å². The fourth-order valence-electron chi connectivity index (χ4n) is 4.40. The Balaban J connectivity index is 1.77. The van der Waals surface area contributed by atoms with Gasteiger partial charge in [0.2, 0.25) is 0 Å². The Labute approximate surface area is 168 Å². The van der Waals surface area contributed by atoms with Gasteiger partial charge in [-0.2, -0.15) is 5.26 Å². The van der Waals surface area contributed by atoms with E-state index in [1.165, 1.54) is 0 Å². The number of carbonyl (C=O) groups excluding carboxylic acids is 1. The molecule has 0 atom stereocenters. The highest BCUT2D eigenvalue weighted by atomic mass is 79.9. The van der Waals surface area contributed by atoms with E-state index in [2.05, 4.69) is 55.0 Å². The molecule has 1 saturated carbocycles. The number of carbonyl (C=O) groups is 1. The number of nitriles is 1. The van der Waals surface area contributed by atoms with Gasteiger partial charge in [-0.1, -0.05) is 45.9 Å². The smallest absolute Gasteiger partial charge is 0.251 e. The number of halogens is 1. The normalized spacial score (nSPS) is 22.2. The third-order valence-corrected chi connectivity index (χ3v) is 6.12. The first kappa shape index (κ1) is 19.4. The zero-order chi connectivity index (χ0) is 19.8. The van der Waals surface area contributed by atoms with Crippen molar-refractivity contribution in [1.29, 1.82) is 5.26 Å². The molecule has 0 spiro atoms. The molecule has 0 bridgehead atoms. The summed E-state index contributed by atoms with van der Waals surface area (Å²) in [6.45, 7) is 8.43. The van der Waals surface area contributed by atoms with Crippen LogP contribution in [0.15, 0.2) is 53.0 Å². The molecule has 0 saturated heterocycles. The minimum Gasteiger partial charge on any atom is -0.489 e. The van der Waals surface area contributed by atoms with Gasteiger partial charge in [0, 0.05) is 26.9 Å². The van der Waals surface area contributed by atoms with Crippen molar-refractivity contribution in [2.45, 2.75) is 39.8 Å². The summed E-state index contributed by atoms with van der Waals surface area (Å²) in [4.78, 5) is 12.6. The summed E-state index contributed by atoms with van der Waals surface area (Å²) >= 11 is 3.41. The molecule has 140 valence electrons. The lowest BCUT2D eigenvalue weighted by Gasteiger charge is -2.63. The summed E-state index contributed by atoms with van der Waals surface area (Å²) in [5, 5.41) is 12.3. The Kier molecular flexibility index (Phi) is 5.05. The van der Waals surface area contributed by atoms with Crippen molar-refractivity contribution in [2.75, 3.05) is 0 Å². The summed E-state index contributed by atoms with van der Waals surface area (Å²) in [5.41, 5.74) is 0.745. The van der Waals surface area contributed by atoms with Gasteiger partial charge >= 0.3 is 0 Å². The Morgan fingerprint density at radius 3 is 2.30 bits per heavy atom. The topological polar surface area (TPSA) is 62.1 Å². The lowest BCUT2D eigenvalue weighted by Crippen LogP contribution is -2.74. The van der Waals surface area contributed by atoms with Crippen LogP contribution in [0.4, 0.5) is 0 Å². The molecule has 0 heterocycles. The minimum absolute atomic E-state index is 0.0236. The number of hydrogen-bond acceptors (Lipinski definition) is 3. The number of amides is 1. The van der Waals surface area contributed by atoms with Gasteiger partial charge in [0.1, 0.15) is 17.9 Å². The van der Waals surface area contributed by atoms with Crippen LogP contribution in [-0.4, -0.2) is 18.1 Å². The van der Waals surface area contributed by atoms with E-state index in [1.54, 1.807) is 6.07 Å². The highest BCUT2D eigenvalue weighted by molar-refractivity contribution is 9.10. The second kappa shape index (κ2) is 7.01. The molecule has 0 aromatic heterocycles. The molecule has 0 unspecified atom stereocenters. The van der Waals surface area contributed by atoms with E-state index in [1.807, 2.05) is 42.5 Å². The number of benzene rings is 2. The average molecular weight is 427 g/mol. The van der Waals surface area contributed by atoms with Crippen molar-refractivity contribution in [3.05, 3.63) is 64.1 Å². The maximum absolute atomic E-state index is 12.6. The number of hydrogen-bond donors (Lipinski definition) is 1. The predicted molar refractivity (Wildman–Crippen MR) is 109 cm³/mol. The fourth-order valence-corrected chi connectivity index (χ4v) is 4.85.